The average molecular weight is 449 g/mol. The molecule has 0 saturated carbocycles. The van der Waals surface area contributed by atoms with Crippen LogP contribution in [0.15, 0.2) is 42.5 Å². The Morgan fingerprint density at radius 2 is 1.57 bits per heavy atom. The molecule has 9 heteroatoms. The van der Waals surface area contributed by atoms with Crippen LogP contribution in [0.1, 0.15) is 15.9 Å². The fourth-order valence-corrected chi connectivity index (χ4v) is 3.71. The molecule has 0 spiro atoms. The zero-order valence-electron chi connectivity index (χ0n) is 16.5. The molecule has 0 aliphatic carbocycles. The second-order valence-corrected chi connectivity index (χ2v) is 7.88. The zero-order chi connectivity index (χ0) is 21.7. The number of halogens is 2. The lowest BCUT2D eigenvalue weighted by atomic mass is 10.2. The number of rotatable bonds is 4. The summed E-state index contributed by atoms with van der Waals surface area (Å²) in [6.07, 6.45) is 0. The van der Waals surface area contributed by atoms with E-state index < -0.39 is 6.03 Å². The van der Waals surface area contributed by atoms with Crippen LogP contribution >= 0.6 is 23.2 Å². The molecule has 158 valence electrons. The van der Waals surface area contributed by atoms with Gasteiger partial charge in [-0.15, -0.1) is 0 Å². The topological polar surface area (TPSA) is 81.8 Å². The molecule has 1 saturated heterocycles. The van der Waals surface area contributed by atoms with E-state index in [1.54, 1.807) is 34.1 Å². The van der Waals surface area contributed by atoms with E-state index in [1.165, 1.54) is 0 Å². The highest BCUT2D eigenvalue weighted by atomic mass is 35.5. The summed E-state index contributed by atoms with van der Waals surface area (Å²) < 4.78 is 0. The Morgan fingerprint density at radius 3 is 2.20 bits per heavy atom. The summed E-state index contributed by atoms with van der Waals surface area (Å²) in [4.78, 5) is 40.3. The molecule has 7 nitrogen and oxygen atoms in total. The molecule has 30 heavy (non-hydrogen) atoms. The molecule has 0 bridgehead atoms. The lowest BCUT2D eigenvalue weighted by Crippen LogP contribution is -2.52. The molecule has 4 amide bonds. The number of hydrogen-bond acceptors (Lipinski definition) is 3. The molecule has 0 atom stereocenters. The van der Waals surface area contributed by atoms with E-state index >= 15 is 0 Å². The molecule has 2 aromatic rings. The number of carbonyl (C=O) groups excluding carboxylic acids is 3. The van der Waals surface area contributed by atoms with Crippen LogP contribution in [0.3, 0.4) is 0 Å². The van der Waals surface area contributed by atoms with Gasteiger partial charge in [-0.05, 0) is 42.8 Å². The molecule has 1 heterocycles. The van der Waals surface area contributed by atoms with E-state index in [0.29, 0.717) is 47.5 Å². The van der Waals surface area contributed by atoms with Crippen molar-refractivity contribution in [2.24, 2.45) is 0 Å². The van der Waals surface area contributed by atoms with Gasteiger partial charge in [-0.1, -0.05) is 35.3 Å². The molecule has 0 aromatic heterocycles. The number of anilines is 1. The third-order valence-electron chi connectivity index (χ3n) is 4.71. The van der Waals surface area contributed by atoms with Gasteiger partial charge in [0.05, 0.1) is 6.54 Å². The van der Waals surface area contributed by atoms with Crippen molar-refractivity contribution in [2.75, 3.05) is 38.0 Å². The fraction of sp³-hybridized carbons (Fsp3) is 0.286. The highest BCUT2D eigenvalue weighted by molar-refractivity contribution is 6.35. The van der Waals surface area contributed by atoms with Gasteiger partial charge in [-0.2, -0.15) is 0 Å². The van der Waals surface area contributed by atoms with Gasteiger partial charge in [0.2, 0.25) is 5.91 Å². The number of piperazine rings is 1. The van der Waals surface area contributed by atoms with E-state index in [0.717, 1.165) is 5.56 Å². The van der Waals surface area contributed by atoms with Gasteiger partial charge < -0.3 is 20.4 Å². The highest BCUT2D eigenvalue weighted by Crippen LogP contribution is 2.20. The van der Waals surface area contributed by atoms with Crippen molar-refractivity contribution in [1.29, 1.82) is 0 Å². The molecule has 1 aliphatic rings. The summed E-state index contributed by atoms with van der Waals surface area (Å²) >= 11 is 11.9. The SMILES string of the molecule is Cc1cccc(NC(=O)NCC(=O)N2CCN(C(=O)c3cc(Cl)cc(Cl)c3)CC2)c1. The zero-order valence-corrected chi connectivity index (χ0v) is 18.0. The fourth-order valence-electron chi connectivity index (χ4n) is 3.18. The molecule has 1 aliphatic heterocycles. The first-order valence-electron chi connectivity index (χ1n) is 9.46. The summed E-state index contributed by atoms with van der Waals surface area (Å²) in [5, 5.41) is 6.06. The second kappa shape index (κ2) is 9.82. The average Bonchev–Trinajstić information content (AvgIpc) is 2.71. The number of aryl methyl sites for hydroxylation is 1. The summed E-state index contributed by atoms with van der Waals surface area (Å²) in [7, 11) is 0. The van der Waals surface area contributed by atoms with Gasteiger partial charge >= 0.3 is 6.03 Å². The van der Waals surface area contributed by atoms with Gasteiger partial charge in [-0.3, -0.25) is 9.59 Å². The largest absolute Gasteiger partial charge is 0.338 e. The molecule has 1 fully saturated rings. The summed E-state index contributed by atoms with van der Waals surface area (Å²) in [5.41, 5.74) is 2.10. The summed E-state index contributed by atoms with van der Waals surface area (Å²) in [6, 6.07) is 11.7. The van der Waals surface area contributed by atoms with Crippen LogP contribution in [-0.4, -0.2) is 60.4 Å². The first kappa shape index (κ1) is 21.9. The van der Waals surface area contributed by atoms with Crippen molar-refractivity contribution in [1.82, 2.24) is 15.1 Å². The van der Waals surface area contributed by atoms with Crippen molar-refractivity contribution in [2.45, 2.75) is 6.92 Å². The lowest BCUT2D eigenvalue weighted by molar-refractivity contribution is -0.131. The van der Waals surface area contributed by atoms with Crippen LogP contribution in [-0.2, 0) is 4.79 Å². The predicted molar refractivity (Wildman–Crippen MR) is 117 cm³/mol. The normalized spacial score (nSPS) is 13.7. The predicted octanol–water partition coefficient (Wildman–Crippen LogP) is 3.41. The minimum absolute atomic E-state index is 0.116. The lowest BCUT2D eigenvalue weighted by Gasteiger charge is -2.35. The number of urea groups is 1. The Hall–Kier alpha value is -2.77. The van der Waals surface area contributed by atoms with Crippen molar-refractivity contribution in [3.63, 3.8) is 0 Å². The Labute approximate surface area is 184 Å². The molecule has 3 rings (SSSR count). The smallest absolute Gasteiger partial charge is 0.319 e. The number of carbonyl (C=O) groups is 3. The van der Waals surface area contributed by atoms with Crippen molar-refractivity contribution in [3.05, 3.63) is 63.6 Å². The van der Waals surface area contributed by atoms with Crippen LogP contribution in [0.4, 0.5) is 10.5 Å². The van der Waals surface area contributed by atoms with Gasteiger partial charge in [0.1, 0.15) is 0 Å². The number of nitrogens with zero attached hydrogens (tertiary/aromatic N) is 2. The maximum Gasteiger partial charge on any atom is 0.319 e. The second-order valence-electron chi connectivity index (χ2n) is 7.01. The molecular weight excluding hydrogens is 427 g/mol. The number of benzene rings is 2. The van der Waals surface area contributed by atoms with Crippen LogP contribution in [0, 0.1) is 6.92 Å². The number of nitrogens with one attached hydrogen (secondary N) is 2. The van der Waals surface area contributed by atoms with E-state index in [1.807, 2.05) is 25.1 Å². The Bertz CT molecular complexity index is 939. The first-order chi connectivity index (χ1) is 14.3. The van der Waals surface area contributed by atoms with Crippen molar-refractivity contribution >= 4 is 46.7 Å². The summed E-state index contributed by atoms with van der Waals surface area (Å²) in [6.45, 7) is 3.38. The third-order valence-corrected chi connectivity index (χ3v) is 5.14. The van der Waals surface area contributed by atoms with E-state index in [-0.39, 0.29) is 18.4 Å². The maximum atomic E-state index is 12.6. The number of hydrogen-bond donors (Lipinski definition) is 2. The minimum Gasteiger partial charge on any atom is -0.338 e. The Morgan fingerprint density at radius 1 is 0.933 bits per heavy atom. The van der Waals surface area contributed by atoms with E-state index in [4.69, 9.17) is 23.2 Å². The standard InChI is InChI=1S/C21H22Cl2N4O3/c1-14-3-2-4-18(9-14)25-21(30)24-13-19(28)26-5-7-27(8-6-26)20(29)15-10-16(22)12-17(23)11-15/h2-4,9-12H,5-8,13H2,1H3,(H2,24,25,30). The van der Waals surface area contributed by atoms with Crippen LogP contribution in [0.5, 0.6) is 0 Å². The van der Waals surface area contributed by atoms with Gasteiger partial charge in [0.15, 0.2) is 0 Å². The molecule has 0 radical (unpaired) electrons. The Balaban J connectivity index is 1.45. The Kier molecular flexibility index (Phi) is 7.18. The van der Waals surface area contributed by atoms with Crippen molar-refractivity contribution in [3.8, 4) is 0 Å². The summed E-state index contributed by atoms with van der Waals surface area (Å²) in [5.74, 6) is -0.380. The van der Waals surface area contributed by atoms with Gasteiger partial charge in [-0.25, -0.2) is 4.79 Å². The van der Waals surface area contributed by atoms with E-state index in [9.17, 15) is 14.4 Å². The number of amides is 4. The van der Waals surface area contributed by atoms with Crippen LogP contribution in [0.25, 0.3) is 0 Å². The third kappa shape index (κ3) is 5.87. The molecule has 0 unspecified atom stereocenters. The van der Waals surface area contributed by atoms with Gasteiger partial charge in [0.25, 0.3) is 5.91 Å². The molecule has 2 N–H and O–H groups in total. The maximum absolute atomic E-state index is 12.6. The van der Waals surface area contributed by atoms with Crippen LogP contribution in [0.2, 0.25) is 10.0 Å². The molecular formula is C21H22Cl2N4O3. The van der Waals surface area contributed by atoms with Gasteiger partial charge in [0, 0.05) is 47.5 Å². The monoisotopic (exact) mass is 448 g/mol. The van der Waals surface area contributed by atoms with E-state index in [2.05, 4.69) is 10.6 Å². The van der Waals surface area contributed by atoms with Crippen molar-refractivity contribution < 1.29 is 14.4 Å². The van der Waals surface area contributed by atoms with Crippen LogP contribution < -0.4 is 10.6 Å². The highest BCUT2D eigenvalue weighted by Gasteiger charge is 2.25. The minimum atomic E-state index is -0.444. The first-order valence-corrected chi connectivity index (χ1v) is 10.2. The molecule has 2 aromatic carbocycles. The quantitative estimate of drug-likeness (QED) is 0.751.